The highest BCUT2D eigenvalue weighted by atomic mass is 16.6. The molecule has 0 aromatic carbocycles. The van der Waals surface area contributed by atoms with Crippen LogP contribution in [-0.2, 0) is 28.6 Å². The maximum atomic E-state index is 12.2. The summed E-state index contributed by atoms with van der Waals surface area (Å²) >= 11 is 0. The van der Waals surface area contributed by atoms with E-state index in [2.05, 4.69) is 9.47 Å². The summed E-state index contributed by atoms with van der Waals surface area (Å²) in [6.07, 6.45) is 3.47. The Bertz CT molecular complexity index is 469. The SMILES string of the molecule is COC(=O)C(OC(C)C)(C(=O)OC)C1(O)C=CC(=O)C=C1. The average molecular weight is 298 g/mol. The molecule has 0 saturated carbocycles. The maximum Gasteiger partial charge on any atom is 0.353 e. The summed E-state index contributed by atoms with van der Waals surface area (Å²) in [4.78, 5) is 35.6. The van der Waals surface area contributed by atoms with Gasteiger partial charge in [-0.1, -0.05) is 0 Å². The maximum absolute atomic E-state index is 12.2. The predicted molar refractivity (Wildman–Crippen MR) is 71.2 cm³/mol. The van der Waals surface area contributed by atoms with Crippen LogP contribution in [-0.4, -0.2) is 54.4 Å². The van der Waals surface area contributed by atoms with E-state index in [0.717, 1.165) is 38.5 Å². The normalized spacial score (nSPS) is 17.0. The molecule has 0 unspecified atom stereocenters. The van der Waals surface area contributed by atoms with E-state index in [1.165, 1.54) is 0 Å². The first-order chi connectivity index (χ1) is 9.73. The number of ether oxygens (including phenoxy) is 3. The Hall–Kier alpha value is -1.99. The molecule has 7 nitrogen and oxygen atoms in total. The van der Waals surface area contributed by atoms with Crippen molar-refractivity contribution < 1.29 is 33.7 Å². The first kappa shape index (κ1) is 17.1. The van der Waals surface area contributed by atoms with Gasteiger partial charge in [0.1, 0.15) is 0 Å². The fraction of sp³-hybridized carbons (Fsp3) is 0.500. The number of hydrogen-bond donors (Lipinski definition) is 1. The summed E-state index contributed by atoms with van der Waals surface area (Å²) in [5, 5.41) is 10.7. The van der Waals surface area contributed by atoms with Gasteiger partial charge in [0.2, 0.25) is 0 Å². The zero-order valence-electron chi connectivity index (χ0n) is 12.3. The molecule has 1 aliphatic rings. The Kier molecular flexibility index (Phi) is 5.03. The Balaban J connectivity index is 3.51. The van der Waals surface area contributed by atoms with E-state index in [9.17, 15) is 19.5 Å². The van der Waals surface area contributed by atoms with Crippen LogP contribution in [0.25, 0.3) is 0 Å². The molecular formula is C14H18O7. The number of aliphatic hydroxyl groups is 1. The largest absolute Gasteiger partial charge is 0.466 e. The molecule has 1 rings (SSSR count). The second-order valence-electron chi connectivity index (χ2n) is 4.73. The molecule has 0 aromatic heterocycles. The van der Waals surface area contributed by atoms with Crippen LogP contribution in [0, 0.1) is 0 Å². The van der Waals surface area contributed by atoms with Crippen LogP contribution < -0.4 is 0 Å². The molecule has 0 aromatic rings. The molecule has 1 aliphatic carbocycles. The van der Waals surface area contributed by atoms with Crippen LogP contribution in [0.3, 0.4) is 0 Å². The molecule has 0 aliphatic heterocycles. The number of ketones is 1. The Morgan fingerprint density at radius 3 is 1.90 bits per heavy atom. The number of hydrogen-bond acceptors (Lipinski definition) is 7. The van der Waals surface area contributed by atoms with Gasteiger partial charge in [-0.05, 0) is 38.2 Å². The van der Waals surface area contributed by atoms with Gasteiger partial charge in [-0.15, -0.1) is 0 Å². The third-order valence-electron chi connectivity index (χ3n) is 2.93. The van der Waals surface area contributed by atoms with Crippen molar-refractivity contribution in [1.29, 1.82) is 0 Å². The molecule has 0 fully saturated rings. The smallest absolute Gasteiger partial charge is 0.353 e. The van der Waals surface area contributed by atoms with Crippen LogP contribution in [0.2, 0.25) is 0 Å². The highest BCUT2D eigenvalue weighted by Crippen LogP contribution is 2.35. The highest BCUT2D eigenvalue weighted by Gasteiger charge is 2.64. The van der Waals surface area contributed by atoms with Gasteiger partial charge >= 0.3 is 11.9 Å². The Labute approximate surface area is 122 Å². The summed E-state index contributed by atoms with van der Waals surface area (Å²) < 4.78 is 14.6. The van der Waals surface area contributed by atoms with Gasteiger partial charge in [-0.2, -0.15) is 0 Å². The molecule has 7 heteroatoms. The molecule has 0 spiro atoms. The first-order valence-electron chi connectivity index (χ1n) is 6.23. The summed E-state index contributed by atoms with van der Waals surface area (Å²) in [5.41, 5.74) is -4.66. The minimum atomic E-state index is -2.46. The van der Waals surface area contributed by atoms with Gasteiger partial charge in [0, 0.05) is 0 Å². The molecule has 0 saturated heterocycles. The number of carbonyl (C=O) groups excluding carboxylic acids is 3. The lowest BCUT2D eigenvalue weighted by Crippen LogP contribution is -2.66. The molecule has 0 heterocycles. The zero-order valence-corrected chi connectivity index (χ0v) is 12.3. The van der Waals surface area contributed by atoms with Crippen molar-refractivity contribution in [2.24, 2.45) is 0 Å². The molecule has 0 amide bonds. The quantitative estimate of drug-likeness (QED) is 0.560. The van der Waals surface area contributed by atoms with E-state index in [0.29, 0.717) is 0 Å². The van der Waals surface area contributed by atoms with E-state index in [1.54, 1.807) is 13.8 Å². The number of methoxy groups -OCH3 is 2. The fourth-order valence-electron chi connectivity index (χ4n) is 2.01. The van der Waals surface area contributed by atoms with Crippen LogP contribution in [0.5, 0.6) is 0 Å². The third-order valence-corrected chi connectivity index (χ3v) is 2.93. The van der Waals surface area contributed by atoms with Gasteiger partial charge < -0.3 is 19.3 Å². The van der Waals surface area contributed by atoms with Crippen molar-refractivity contribution in [3.63, 3.8) is 0 Å². The van der Waals surface area contributed by atoms with E-state index in [4.69, 9.17) is 4.74 Å². The number of allylic oxidation sites excluding steroid dienone is 2. The van der Waals surface area contributed by atoms with Gasteiger partial charge in [0.25, 0.3) is 5.60 Å². The topological polar surface area (TPSA) is 99.1 Å². The number of carbonyl (C=O) groups is 3. The van der Waals surface area contributed by atoms with E-state index < -0.39 is 35.0 Å². The van der Waals surface area contributed by atoms with Crippen LogP contribution in [0.1, 0.15) is 13.8 Å². The molecule has 0 atom stereocenters. The lowest BCUT2D eigenvalue weighted by Gasteiger charge is -2.40. The highest BCUT2D eigenvalue weighted by molar-refractivity contribution is 6.08. The van der Waals surface area contributed by atoms with Crippen molar-refractivity contribution in [3.8, 4) is 0 Å². The summed E-state index contributed by atoms with van der Waals surface area (Å²) in [7, 11) is 2.10. The third kappa shape index (κ3) is 2.88. The molecule has 0 bridgehead atoms. The lowest BCUT2D eigenvalue weighted by molar-refractivity contribution is -0.215. The Morgan fingerprint density at radius 2 is 1.57 bits per heavy atom. The minimum absolute atomic E-state index is 0.396. The lowest BCUT2D eigenvalue weighted by atomic mass is 9.79. The molecule has 21 heavy (non-hydrogen) atoms. The first-order valence-corrected chi connectivity index (χ1v) is 6.23. The fourth-order valence-corrected chi connectivity index (χ4v) is 2.01. The second kappa shape index (κ2) is 6.19. The van der Waals surface area contributed by atoms with Gasteiger partial charge in [0.15, 0.2) is 11.4 Å². The second-order valence-corrected chi connectivity index (χ2v) is 4.73. The van der Waals surface area contributed by atoms with Crippen molar-refractivity contribution in [2.75, 3.05) is 14.2 Å². The zero-order chi connectivity index (χ0) is 16.3. The van der Waals surface area contributed by atoms with Gasteiger partial charge in [-0.25, -0.2) is 9.59 Å². The molecular weight excluding hydrogens is 280 g/mol. The molecule has 1 N–H and O–H groups in total. The minimum Gasteiger partial charge on any atom is -0.466 e. The summed E-state index contributed by atoms with van der Waals surface area (Å²) in [6, 6.07) is 0. The van der Waals surface area contributed by atoms with Crippen molar-refractivity contribution in [1.82, 2.24) is 0 Å². The Morgan fingerprint density at radius 1 is 1.14 bits per heavy atom. The average Bonchev–Trinajstić information content (AvgIpc) is 2.45. The number of esters is 2. The van der Waals surface area contributed by atoms with E-state index >= 15 is 0 Å². The summed E-state index contributed by atoms with van der Waals surface area (Å²) in [6.45, 7) is 3.15. The van der Waals surface area contributed by atoms with Crippen LogP contribution in [0.15, 0.2) is 24.3 Å². The van der Waals surface area contributed by atoms with Crippen LogP contribution >= 0.6 is 0 Å². The monoisotopic (exact) mass is 298 g/mol. The van der Waals surface area contributed by atoms with Crippen molar-refractivity contribution in [2.45, 2.75) is 31.2 Å². The van der Waals surface area contributed by atoms with Crippen molar-refractivity contribution in [3.05, 3.63) is 24.3 Å². The number of rotatable bonds is 5. The van der Waals surface area contributed by atoms with Crippen LogP contribution in [0.4, 0.5) is 0 Å². The van der Waals surface area contributed by atoms with Crippen molar-refractivity contribution >= 4 is 17.7 Å². The predicted octanol–water partition coefficient (Wildman–Crippen LogP) is -0.0776. The van der Waals surface area contributed by atoms with E-state index in [-0.39, 0.29) is 0 Å². The van der Waals surface area contributed by atoms with Gasteiger partial charge in [0.05, 0.1) is 20.3 Å². The summed E-state index contributed by atoms with van der Waals surface area (Å²) in [5.74, 6) is -2.66. The molecule has 0 radical (unpaired) electrons. The molecule has 116 valence electrons. The van der Waals surface area contributed by atoms with E-state index in [1.807, 2.05) is 0 Å². The van der Waals surface area contributed by atoms with Gasteiger partial charge in [-0.3, -0.25) is 4.79 Å². The standard InChI is InChI=1S/C14H18O7/c1-9(2)21-14(11(16)19-3,12(17)20-4)13(18)7-5-10(15)6-8-13/h5-9,18H,1-4H3.